The summed E-state index contributed by atoms with van der Waals surface area (Å²) in [6.07, 6.45) is 0.268. The fourth-order valence-electron chi connectivity index (χ4n) is 4.05. The largest absolute Gasteiger partial charge is 0.493 e. The Kier molecular flexibility index (Phi) is 8.44. The molecule has 1 unspecified atom stereocenters. The van der Waals surface area contributed by atoms with Crippen LogP contribution >= 0.6 is 11.6 Å². The second-order valence-corrected chi connectivity index (χ2v) is 8.87. The summed E-state index contributed by atoms with van der Waals surface area (Å²) in [5.41, 5.74) is 1.73. The van der Waals surface area contributed by atoms with Gasteiger partial charge in [0.15, 0.2) is 11.5 Å². The normalized spacial score (nSPS) is 16.0. The van der Waals surface area contributed by atoms with Gasteiger partial charge in [0.25, 0.3) is 0 Å². The monoisotopic (exact) mass is 473 g/mol. The van der Waals surface area contributed by atoms with Crippen molar-refractivity contribution in [2.45, 2.75) is 32.9 Å². The molecule has 2 aromatic carbocycles. The molecule has 1 aliphatic rings. The summed E-state index contributed by atoms with van der Waals surface area (Å²) in [4.78, 5) is 29.7. The third-order valence-electron chi connectivity index (χ3n) is 5.99. The van der Waals surface area contributed by atoms with Crippen molar-refractivity contribution in [3.63, 3.8) is 0 Å². The van der Waals surface area contributed by atoms with E-state index in [1.54, 1.807) is 20.3 Å². The molecule has 0 bridgehead atoms. The first-order valence-electron chi connectivity index (χ1n) is 11.1. The number of methoxy groups -OCH3 is 2. The van der Waals surface area contributed by atoms with Gasteiger partial charge >= 0.3 is 6.03 Å². The number of halogens is 1. The summed E-state index contributed by atoms with van der Waals surface area (Å²) in [7, 11) is 3.16. The van der Waals surface area contributed by atoms with Gasteiger partial charge in [-0.1, -0.05) is 49.7 Å². The molecule has 0 aromatic heterocycles. The number of hydrogen-bond donors (Lipinski definition) is 1. The molecule has 7 nitrogen and oxygen atoms in total. The number of hydrogen-bond acceptors (Lipinski definition) is 4. The van der Waals surface area contributed by atoms with E-state index in [1.807, 2.05) is 46.2 Å². The van der Waals surface area contributed by atoms with Gasteiger partial charge in [0.05, 0.1) is 26.7 Å². The Hall–Kier alpha value is -2.93. The van der Waals surface area contributed by atoms with Gasteiger partial charge in [-0.25, -0.2) is 4.79 Å². The number of carbonyl (C=O) groups excluding carboxylic acids is 2. The van der Waals surface area contributed by atoms with Crippen molar-refractivity contribution in [1.82, 2.24) is 15.1 Å². The van der Waals surface area contributed by atoms with E-state index in [0.29, 0.717) is 42.7 Å². The first-order valence-corrected chi connectivity index (χ1v) is 11.5. The van der Waals surface area contributed by atoms with E-state index in [4.69, 9.17) is 21.1 Å². The molecule has 33 heavy (non-hydrogen) atoms. The van der Waals surface area contributed by atoms with E-state index in [0.717, 1.165) is 11.1 Å². The van der Waals surface area contributed by atoms with E-state index < -0.39 is 0 Å². The number of nitrogens with zero attached hydrogens (tertiary/aromatic N) is 2. The highest BCUT2D eigenvalue weighted by Gasteiger charge is 2.34. The number of benzene rings is 2. The summed E-state index contributed by atoms with van der Waals surface area (Å²) in [5.74, 6) is 1.46. The van der Waals surface area contributed by atoms with Crippen molar-refractivity contribution in [3.05, 3.63) is 58.6 Å². The van der Waals surface area contributed by atoms with Gasteiger partial charge in [0, 0.05) is 31.2 Å². The van der Waals surface area contributed by atoms with Crippen molar-refractivity contribution >= 4 is 23.5 Å². The lowest BCUT2D eigenvalue weighted by Gasteiger charge is -2.43. The van der Waals surface area contributed by atoms with Crippen molar-refractivity contribution < 1.29 is 19.1 Å². The standard InChI is InChI=1S/C25H32ClN3O4/c1-17(2)21-16-28(24(30)14-18-9-10-22(32-3)23(13-18)33-4)11-12-29(21)25(31)27-15-19-7-5-6-8-20(19)26/h5-10,13,17,21H,11-12,14-16H2,1-4H3,(H,27,31). The molecule has 1 aliphatic heterocycles. The maximum Gasteiger partial charge on any atom is 0.318 e. The van der Waals surface area contributed by atoms with Gasteiger partial charge in [-0.3, -0.25) is 4.79 Å². The SMILES string of the molecule is COc1ccc(CC(=O)N2CCN(C(=O)NCc3ccccc3Cl)C(C(C)C)C2)cc1OC. The van der Waals surface area contributed by atoms with Crippen LogP contribution in [0.25, 0.3) is 0 Å². The maximum atomic E-state index is 13.0. The third kappa shape index (κ3) is 6.11. The zero-order valence-electron chi connectivity index (χ0n) is 19.6. The van der Waals surface area contributed by atoms with Crippen LogP contribution in [0.2, 0.25) is 5.02 Å². The molecule has 0 spiro atoms. The first kappa shape index (κ1) is 24.7. The van der Waals surface area contributed by atoms with Gasteiger partial charge in [-0.15, -0.1) is 0 Å². The van der Waals surface area contributed by atoms with Crippen LogP contribution in [0.3, 0.4) is 0 Å². The maximum absolute atomic E-state index is 13.0. The molecule has 1 fully saturated rings. The lowest BCUT2D eigenvalue weighted by molar-refractivity contribution is -0.133. The lowest BCUT2D eigenvalue weighted by Crippen LogP contribution is -2.60. The quantitative estimate of drug-likeness (QED) is 0.660. The van der Waals surface area contributed by atoms with Crippen LogP contribution in [0.4, 0.5) is 4.79 Å². The molecule has 0 aliphatic carbocycles. The average Bonchev–Trinajstić information content (AvgIpc) is 2.82. The van der Waals surface area contributed by atoms with E-state index >= 15 is 0 Å². The smallest absolute Gasteiger partial charge is 0.318 e. The fourth-order valence-corrected chi connectivity index (χ4v) is 4.25. The second-order valence-electron chi connectivity index (χ2n) is 8.46. The van der Waals surface area contributed by atoms with Crippen LogP contribution in [0.5, 0.6) is 11.5 Å². The summed E-state index contributed by atoms with van der Waals surface area (Å²) >= 11 is 6.21. The Bertz CT molecular complexity index is 982. The number of urea groups is 1. The average molecular weight is 474 g/mol. The van der Waals surface area contributed by atoms with E-state index in [1.165, 1.54) is 0 Å². The summed E-state index contributed by atoms with van der Waals surface area (Å²) in [5, 5.41) is 3.60. The zero-order valence-corrected chi connectivity index (χ0v) is 20.4. The van der Waals surface area contributed by atoms with Crippen molar-refractivity contribution in [1.29, 1.82) is 0 Å². The molecule has 178 valence electrons. The predicted molar refractivity (Wildman–Crippen MR) is 129 cm³/mol. The Morgan fingerprint density at radius 1 is 1.09 bits per heavy atom. The number of ether oxygens (including phenoxy) is 2. The first-order chi connectivity index (χ1) is 15.8. The molecule has 1 saturated heterocycles. The van der Waals surface area contributed by atoms with E-state index in [2.05, 4.69) is 19.2 Å². The van der Waals surface area contributed by atoms with Crippen LogP contribution in [0, 0.1) is 5.92 Å². The molecular weight excluding hydrogens is 442 g/mol. The molecule has 1 atom stereocenters. The highest BCUT2D eigenvalue weighted by Crippen LogP contribution is 2.28. The van der Waals surface area contributed by atoms with Gasteiger partial charge in [0.2, 0.25) is 5.91 Å². The third-order valence-corrected chi connectivity index (χ3v) is 6.36. The predicted octanol–water partition coefficient (Wildman–Crippen LogP) is 3.98. The summed E-state index contributed by atoms with van der Waals surface area (Å²) in [6, 6.07) is 12.8. The minimum Gasteiger partial charge on any atom is -0.493 e. The number of nitrogens with one attached hydrogen (secondary N) is 1. The van der Waals surface area contributed by atoms with Crippen molar-refractivity contribution in [2.24, 2.45) is 5.92 Å². The lowest BCUT2D eigenvalue weighted by atomic mass is 9.99. The highest BCUT2D eigenvalue weighted by molar-refractivity contribution is 6.31. The van der Waals surface area contributed by atoms with Crippen LogP contribution in [0.1, 0.15) is 25.0 Å². The molecule has 2 aromatic rings. The minimum absolute atomic E-state index is 0.0315. The van der Waals surface area contributed by atoms with Crippen LogP contribution < -0.4 is 14.8 Å². The number of rotatable bonds is 7. The van der Waals surface area contributed by atoms with Crippen LogP contribution in [0.15, 0.2) is 42.5 Å². The summed E-state index contributed by atoms with van der Waals surface area (Å²) < 4.78 is 10.6. The molecule has 1 heterocycles. The summed E-state index contributed by atoms with van der Waals surface area (Å²) in [6.45, 7) is 5.98. The Morgan fingerprint density at radius 3 is 2.48 bits per heavy atom. The highest BCUT2D eigenvalue weighted by atomic mass is 35.5. The molecule has 3 amide bonds. The fraction of sp³-hybridized carbons (Fsp3) is 0.440. The second kappa shape index (κ2) is 11.3. The number of carbonyl (C=O) groups is 2. The molecule has 8 heteroatoms. The van der Waals surface area contributed by atoms with E-state index in [-0.39, 0.29) is 30.3 Å². The van der Waals surface area contributed by atoms with Crippen molar-refractivity contribution in [2.75, 3.05) is 33.9 Å². The van der Waals surface area contributed by atoms with Gasteiger partial charge in [-0.2, -0.15) is 0 Å². The molecule has 1 N–H and O–H groups in total. The molecule has 0 saturated carbocycles. The van der Waals surface area contributed by atoms with Crippen LogP contribution in [-0.4, -0.2) is 61.6 Å². The Balaban J connectivity index is 1.62. The number of amides is 3. The molecule has 3 rings (SSSR count). The Morgan fingerprint density at radius 2 is 1.82 bits per heavy atom. The minimum atomic E-state index is -0.138. The van der Waals surface area contributed by atoms with Gasteiger partial charge in [-0.05, 0) is 35.2 Å². The Labute approximate surface area is 200 Å². The van der Waals surface area contributed by atoms with Crippen LogP contribution in [-0.2, 0) is 17.8 Å². The number of piperazine rings is 1. The van der Waals surface area contributed by atoms with E-state index in [9.17, 15) is 9.59 Å². The van der Waals surface area contributed by atoms with Gasteiger partial charge in [0.1, 0.15) is 0 Å². The van der Waals surface area contributed by atoms with Gasteiger partial charge < -0.3 is 24.6 Å². The van der Waals surface area contributed by atoms with Crippen molar-refractivity contribution in [3.8, 4) is 11.5 Å². The molecular formula is C25H32ClN3O4. The topological polar surface area (TPSA) is 71.1 Å². The molecule has 0 radical (unpaired) electrons. The zero-order chi connectivity index (χ0) is 24.0.